The Bertz CT molecular complexity index is 170. The molecule has 0 spiro atoms. The molecule has 96 valence electrons. The van der Waals surface area contributed by atoms with Gasteiger partial charge in [-0.05, 0) is 38.0 Å². The minimum Gasteiger partial charge on any atom is -0.393 e. The standard InChI is InChI=1S/C14H28O2/c1-2-3-4-5-7-12-8-6-9-13(15)10-11-14(12)16/h12-16H,2-11H2,1H3. The first-order chi connectivity index (χ1) is 7.74. The van der Waals surface area contributed by atoms with Gasteiger partial charge in [0.05, 0.1) is 12.2 Å². The Labute approximate surface area is 100 Å². The molecule has 1 aliphatic carbocycles. The summed E-state index contributed by atoms with van der Waals surface area (Å²) in [6, 6.07) is 0. The Morgan fingerprint density at radius 1 is 0.938 bits per heavy atom. The van der Waals surface area contributed by atoms with Crippen LogP contribution in [-0.4, -0.2) is 22.4 Å². The number of aliphatic hydroxyl groups excluding tert-OH is 2. The summed E-state index contributed by atoms with van der Waals surface area (Å²) in [6.07, 6.45) is 10.7. The van der Waals surface area contributed by atoms with E-state index in [1.807, 2.05) is 0 Å². The summed E-state index contributed by atoms with van der Waals surface area (Å²) in [6.45, 7) is 2.23. The number of hydrogen-bond donors (Lipinski definition) is 2. The predicted octanol–water partition coefficient (Wildman–Crippen LogP) is 3.26. The van der Waals surface area contributed by atoms with Crippen molar-refractivity contribution < 1.29 is 10.2 Å². The maximum Gasteiger partial charge on any atom is 0.0569 e. The van der Waals surface area contributed by atoms with Crippen LogP contribution in [0.5, 0.6) is 0 Å². The van der Waals surface area contributed by atoms with E-state index in [-0.39, 0.29) is 12.2 Å². The summed E-state index contributed by atoms with van der Waals surface area (Å²) in [5.74, 6) is 0.490. The zero-order valence-electron chi connectivity index (χ0n) is 10.7. The molecule has 3 atom stereocenters. The Morgan fingerprint density at radius 2 is 1.75 bits per heavy atom. The molecule has 0 aromatic heterocycles. The van der Waals surface area contributed by atoms with Crippen LogP contribution in [0.15, 0.2) is 0 Å². The minimum atomic E-state index is -0.171. The van der Waals surface area contributed by atoms with Crippen molar-refractivity contribution in [2.75, 3.05) is 0 Å². The topological polar surface area (TPSA) is 40.5 Å². The molecule has 0 radical (unpaired) electrons. The monoisotopic (exact) mass is 228 g/mol. The molecule has 1 fully saturated rings. The van der Waals surface area contributed by atoms with E-state index in [2.05, 4.69) is 6.92 Å². The van der Waals surface area contributed by atoms with Crippen molar-refractivity contribution in [3.63, 3.8) is 0 Å². The van der Waals surface area contributed by atoms with E-state index < -0.39 is 0 Å². The van der Waals surface area contributed by atoms with Crippen LogP contribution in [0.4, 0.5) is 0 Å². The third kappa shape index (κ3) is 5.31. The van der Waals surface area contributed by atoms with Crippen LogP contribution < -0.4 is 0 Å². The van der Waals surface area contributed by atoms with E-state index in [1.54, 1.807) is 0 Å². The van der Waals surface area contributed by atoms with Crippen molar-refractivity contribution in [3.8, 4) is 0 Å². The number of unbranched alkanes of at least 4 members (excludes halogenated alkanes) is 3. The first-order valence-electron chi connectivity index (χ1n) is 7.10. The molecule has 16 heavy (non-hydrogen) atoms. The van der Waals surface area contributed by atoms with Crippen molar-refractivity contribution in [1.82, 2.24) is 0 Å². The molecule has 0 aromatic rings. The lowest BCUT2D eigenvalue weighted by atomic mass is 9.84. The van der Waals surface area contributed by atoms with Gasteiger partial charge in [-0.1, -0.05) is 39.0 Å². The zero-order valence-corrected chi connectivity index (χ0v) is 10.7. The van der Waals surface area contributed by atoms with E-state index >= 15 is 0 Å². The summed E-state index contributed by atoms with van der Waals surface area (Å²) in [5.41, 5.74) is 0. The summed E-state index contributed by atoms with van der Waals surface area (Å²) in [7, 11) is 0. The largest absolute Gasteiger partial charge is 0.393 e. The number of hydrogen-bond acceptors (Lipinski definition) is 2. The van der Waals surface area contributed by atoms with Crippen LogP contribution in [0, 0.1) is 5.92 Å². The molecule has 2 heteroatoms. The van der Waals surface area contributed by atoms with Crippen LogP contribution in [0.25, 0.3) is 0 Å². The summed E-state index contributed by atoms with van der Waals surface area (Å²) in [5, 5.41) is 19.6. The van der Waals surface area contributed by atoms with Crippen LogP contribution in [0.3, 0.4) is 0 Å². The molecule has 1 rings (SSSR count). The van der Waals surface area contributed by atoms with Gasteiger partial charge in [-0.15, -0.1) is 0 Å². The molecular weight excluding hydrogens is 200 g/mol. The highest BCUT2D eigenvalue weighted by Gasteiger charge is 2.22. The summed E-state index contributed by atoms with van der Waals surface area (Å²) >= 11 is 0. The zero-order chi connectivity index (χ0) is 11.8. The first-order valence-corrected chi connectivity index (χ1v) is 7.10. The van der Waals surface area contributed by atoms with Gasteiger partial charge in [0, 0.05) is 0 Å². The fourth-order valence-electron chi connectivity index (χ4n) is 2.72. The average Bonchev–Trinajstić information content (AvgIpc) is 2.27. The van der Waals surface area contributed by atoms with E-state index in [9.17, 15) is 10.2 Å². The molecule has 1 aliphatic rings. The first kappa shape index (κ1) is 14.0. The van der Waals surface area contributed by atoms with E-state index in [0.29, 0.717) is 5.92 Å². The Balaban J connectivity index is 2.22. The second-order valence-electron chi connectivity index (χ2n) is 5.34. The van der Waals surface area contributed by atoms with Crippen LogP contribution in [0.2, 0.25) is 0 Å². The molecule has 3 unspecified atom stereocenters. The lowest BCUT2D eigenvalue weighted by Gasteiger charge is -2.27. The smallest absolute Gasteiger partial charge is 0.0569 e. The van der Waals surface area contributed by atoms with Gasteiger partial charge >= 0.3 is 0 Å². The molecular formula is C14H28O2. The Morgan fingerprint density at radius 3 is 2.50 bits per heavy atom. The molecule has 2 N–H and O–H groups in total. The maximum atomic E-state index is 10.0. The molecule has 0 aliphatic heterocycles. The molecule has 0 heterocycles. The molecule has 0 aromatic carbocycles. The van der Waals surface area contributed by atoms with Crippen molar-refractivity contribution in [1.29, 1.82) is 0 Å². The van der Waals surface area contributed by atoms with Crippen LogP contribution in [0.1, 0.15) is 71.1 Å². The van der Waals surface area contributed by atoms with Gasteiger partial charge in [-0.2, -0.15) is 0 Å². The quantitative estimate of drug-likeness (QED) is 0.709. The highest BCUT2D eigenvalue weighted by atomic mass is 16.3. The van der Waals surface area contributed by atoms with Crippen molar-refractivity contribution in [2.45, 2.75) is 83.3 Å². The third-order valence-corrected chi connectivity index (χ3v) is 3.88. The lowest BCUT2D eigenvalue weighted by molar-refractivity contribution is 0.0454. The molecule has 0 bridgehead atoms. The average molecular weight is 228 g/mol. The number of aliphatic hydroxyl groups is 2. The minimum absolute atomic E-state index is 0.170. The van der Waals surface area contributed by atoms with Crippen molar-refractivity contribution >= 4 is 0 Å². The molecule has 1 saturated carbocycles. The SMILES string of the molecule is CCCCCCC1CCCC(O)CCC1O. The van der Waals surface area contributed by atoms with Crippen molar-refractivity contribution in [2.24, 2.45) is 5.92 Å². The van der Waals surface area contributed by atoms with E-state index in [4.69, 9.17) is 0 Å². The van der Waals surface area contributed by atoms with Gasteiger partial charge in [-0.25, -0.2) is 0 Å². The summed E-state index contributed by atoms with van der Waals surface area (Å²) < 4.78 is 0. The fraction of sp³-hybridized carbons (Fsp3) is 1.00. The lowest BCUT2D eigenvalue weighted by Crippen LogP contribution is -2.25. The third-order valence-electron chi connectivity index (χ3n) is 3.88. The van der Waals surface area contributed by atoms with Gasteiger partial charge in [-0.3, -0.25) is 0 Å². The van der Waals surface area contributed by atoms with Crippen molar-refractivity contribution in [3.05, 3.63) is 0 Å². The number of rotatable bonds is 5. The van der Waals surface area contributed by atoms with Crippen LogP contribution >= 0.6 is 0 Å². The fourth-order valence-corrected chi connectivity index (χ4v) is 2.72. The summed E-state index contributed by atoms with van der Waals surface area (Å²) in [4.78, 5) is 0. The molecule has 2 nitrogen and oxygen atoms in total. The predicted molar refractivity (Wildman–Crippen MR) is 67.3 cm³/mol. The maximum absolute atomic E-state index is 10.0. The Hall–Kier alpha value is -0.0800. The van der Waals surface area contributed by atoms with Gasteiger partial charge in [0.2, 0.25) is 0 Å². The van der Waals surface area contributed by atoms with Crippen LogP contribution in [-0.2, 0) is 0 Å². The highest BCUT2D eigenvalue weighted by Crippen LogP contribution is 2.27. The second-order valence-corrected chi connectivity index (χ2v) is 5.34. The van der Waals surface area contributed by atoms with Gasteiger partial charge in [0.1, 0.15) is 0 Å². The second kappa shape index (κ2) is 8.08. The molecule has 0 amide bonds. The van der Waals surface area contributed by atoms with Gasteiger partial charge in [0.25, 0.3) is 0 Å². The van der Waals surface area contributed by atoms with Gasteiger partial charge < -0.3 is 10.2 Å². The van der Waals surface area contributed by atoms with E-state index in [0.717, 1.165) is 32.1 Å². The highest BCUT2D eigenvalue weighted by molar-refractivity contribution is 4.74. The Kier molecular flexibility index (Phi) is 7.06. The van der Waals surface area contributed by atoms with Gasteiger partial charge in [0.15, 0.2) is 0 Å². The molecule has 0 saturated heterocycles. The van der Waals surface area contributed by atoms with E-state index in [1.165, 1.54) is 32.1 Å². The normalized spacial score (nSPS) is 32.1.